The van der Waals surface area contributed by atoms with Crippen molar-refractivity contribution in [3.05, 3.63) is 59.7 Å². The van der Waals surface area contributed by atoms with E-state index in [1.165, 1.54) is 19.6 Å². The molecule has 10 heteroatoms. The van der Waals surface area contributed by atoms with Crippen LogP contribution in [0.15, 0.2) is 48.5 Å². The lowest BCUT2D eigenvalue weighted by atomic mass is 10.0. The highest BCUT2D eigenvalue weighted by Crippen LogP contribution is 2.22. The molecule has 188 valence electrons. The summed E-state index contributed by atoms with van der Waals surface area (Å²) >= 11 is 0. The third kappa shape index (κ3) is 6.50. The predicted molar refractivity (Wildman–Crippen MR) is 137 cm³/mol. The third-order valence-corrected chi connectivity index (χ3v) is 5.09. The molecule has 10 nitrogen and oxygen atoms in total. The lowest BCUT2D eigenvalue weighted by molar-refractivity contribution is 0.207. The molecule has 0 heterocycles. The van der Waals surface area contributed by atoms with Crippen molar-refractivity contribution in [1.29, 1.82) is 0 Å². The van der Waals surface area contributed by atoms with Crippen LogP contribution in [0.1, 0.15) is 11.1 Å². The van der Waals surface area contributed by atoms with E-state index < -0.39 is 24.1 Å². The molecule has 8 amide bonds. The monoisotopic (exact) mass is 482 g/mol. The second-order valence-corrected chi connectivity index (χ2v) is 8.89. The van der Waals surface area contributed by atoms with E-state index in [1.54, 1.807) is 80.6 Å². The van der Waals surface area contributed by atoms with Gasteiger partial charge in [0.25, 0.3) is 0 Å². The molecule has 0 saturated carbocycles. The first-order valence-electron chi connectivity index (χ1n) is 11.0. The van der Waals surface area contributed by atoms with Crippen LogP contribution in [0, 0.1) is 0 Å². The molecule has 0 N–H and O–H groups in total. The summed E-state index contributed by atoms with van der Waals surface area (Å²) in [6, 6.07) is 12.6. The maximum absolute atomic E-state index is 12.6. The summed E-state index contributed by atoms with van der Waals surface area (Å²) in [6.07, 6.45) is 0.590. The van der Waals surface area contributed by atoms with Gasteiger partial charge in [-0.3, -0.25) is 0 Å². The van der Waals surface area contributed by atoms with Crippen molar-refractivity contribution in [1.82, 2.24) is 19.6 Å². The van der Waals surface area contributed by atoms with Crippen LogP contribution in [0.3, 0.4) is 0 Å². The molecule has 0 unspecified atom stereocenters. The predicted octanol–water partition coefficient (Wildman–Crippen LogP) is 3.62. The van der Waals surface area contributed by atoms with Gasteiger partial charge < -0.3 is 19.6 Å². The molecule has 2 aromatic rings. The molecule has 0 aliphatic heterocycles. The van der Waals surface area contributed by atoms with E-state index >= 15 is 0 Å². The number of rotatable bonds is 4. The SMILES string of the molecule is CN(C)C(=O)N(C(=O)N(C)C)c1ccc(Cc2ccc(N(C(=O)N(C)C)C(=O)N(C)C)cc2)cc1. The van der Waals surface area contributed by atoms with Crippen LogP contribution < -0.4 is 9.80 Å². The maximum atomic E-state index is 12.6. The minimum absolute atomic E-state index is 0.434. The zero-order chi connectivity index (χ0) is 26.4. The van der Waals surface area contributed by atoms with Gasteiger partial charge in [0.2, 0.25) is 0 Å². The Labute approximate surface area is 206 Å². The average molecular weight is 483 g/mol. The molecule has 0 bridgehead atoms. The highest BCUT2D eigenvalue weighted by atomic mass is 16.2. The van der Waals surface area contributed by atoms with Gasteiger partial charge in [0.15, 0.2) is 0 Å². The zero-order valence-corrected chi connectivity index (χ0v) is 21.6. The second-order valence-electron chi connectivity index (χ2n) is 8.89. The van der Waals surface area contributed by atoms with Crippen molar-refractivity contribution < 1.29 is 19.2 Å². The fraction of sp³-hybridized carbons (Fsp3) is 0.360. The summed E-state index contributed by atoms with van der Waals surface area (Å²) in [7, 11) is 12.7. The fourth-order valence-electron chi connectivity index (χ4n) is 3.17. The van der Waals surface area contributed by atoms with Gasteiger partial charge in [0, 0.05) is 56.4 Å². The van der Waals surface area contributed by atoms with Crippen molar-refractivity contribution in [3.8, 4) is 0 Å². The summed E-state index contributed by atoms with van der Waals surface area (Å²) in [6.45, 7) is 0. The molecule has 35 heavy (non-hydrogen) atoms. The van der Waals surface area contributed by atoms with E-state index in [4.69, 9.17) is 0 Å². The quantitative estimate of drug-likeness (QED) is 0.666. The summed E-state index contributed by atoms with van der Waals surface area (Å²) in [5, 5.41) is 0. The molecule has 0 aliphatic rings. The minimum atomic E-state index is -0.434. The highest BCUT2D eigenvalue weighted by molar-refractivity contribution is 6.13. The van der Waals surface area contributed by atoms with Crippen molar-refractivity contribution in [3.63, 3.8) is 0 Å². The number of imide groups is 2. The van der Waals surface area contributed by atoms with Crippen LogP contribution in [-0.4, -0.2) is 100 Å². The average Bonchev–Trinajstić information content (AvgIpc) is 2.80. The van der Waals surface area contributed by atoms with E-state index in [1.807, 2.05) is 24.3 Å². The summed E-state index contributed by atoms with van der Waals surface area (Å²) in [5.74, 6) is 0. The van der Waals surface area contributed by atoms with Gasteiger partial charge >= 0.3 is 24.1 Å². The molecule has 0 atom stereocenters. The van der Waals surface area contributed by atoms with Gasteiger partial charge in [-0.05, 0) is 41.8 Å². The van der Waals surface area contributed by atoms with Gasteiger partial charge in [-0.1, -0.05) is 24.3 Å². The number of urea groups is 4. The van der Waals surface area contributed by atoms with E-state index in [9.17, 15) is 19.2 Å². The minimum Gasteiger partial charge on any atom is -0.330 e. The van der Waals surface area contributed by atoms with Gasteiger partial charge in [-0.2, -0.15) is 0 Å². The Kier molecular flexibility index (Phi) is 8.82. The first-order valence-corrected chi connectivity index (χ1v) is 11.0. The Morgan fingerprint density at radius 3 is 0.886 bits per heavy atom. The molecule has 0 saturated heterocycles. The second kappa shape index (κ2) is 11.4. The molecule has 2 aromatic carbocycles. The van der Waals surface area contributed by atoms with Gasteiger partial charge in [-0.15, -0.1) is 0 Å². The number of carbonyl (C=O) groups is 4. The highest BCUT2D eigenvalue weighted by Gasteiger charge is 2.27. The molecule has 0 spiro atoms. The standard InChI is InChI=1S/C25H34N6O4/c1-26(2)22(32)30(23(33)27(3)4)20-13-9-18(10-14-20)17-19-11-15-21(16-12-19)31(24(34)28(5)6)25(35)29(7)8/h9-16H,17H2,1-8H3. The lowest BCUT2D eigenvalue weighted by Gasteiger charge is -2.27. The largest absolute Gasteiger partial charge is 0.332 e. The molecule has 0 aromatic heterocycles. The Hall–Kier alpha value is -4.08. The Morgan fingerprint density at radius 1 is 0.457 bits per heavy atom. The van der Waals surface area contributed by atoms with Crippen molar-refractivity contribution in [2.24, 2.45) is 0 Å². The molecule has 2 rings (SSSR count). The maximum Gasteiger partial charge on any atom is 0.332 e. The molecule has 0 aliphatic carbocycles. The Morgan fingerprint density at radius 2 is 0.686 bits per heavy atom. The number of hydrogen-bond donors (Lipinski definition) is 0. The van der Waals surface area contributed by atoms with Gasteiger partial charge in [0.1, 0.15) is 0 Å². The topological polar surface area (TPSA) is 87.7 Å². The number of hydrogen-bond acceptors (Lipinski definition) is 4. The van der Waals surface area contributed by atoms with Crippen LogP contribution in [0.25, 0.3) is 0 Å². The van der Waals surface area contributed by atoms with E-state index in [0.29, 0.717) is 17.8 Å². The first-order chi connectivity index (χ1) is 16.3. The number of carbonyl (C=O) groups excluding carboxylic acids is 4. The van der Waals surface area contributed by atoms with E-state index in [2.05, 4.69) is 0 Å². The lowest BCUT2D eigenvalue weighted by Crippen LogP contribution is -2.47. The van der Waals surface area contributed by atoms with Gasteiger partial charge in [-0.25, -0.2) is 29.0 Å². The number of benzene rings is 2. The van der Waals surface area contributed by atoms with Crippen molar-refractivity contribution in [2.75, 3.05) is 66.2 Å². The van der Waals surface area contributed by atoms with Gasteiger partial charge in [0.05, 0.1) is 11.4 Å². The molecular formula is C25H34N6O4. The van der Waals surface area contributed by atoms with Crippen LogP contribution in [0.4, 0.5) is 30.6 Å². The molecule has 0 fully saturated rings. The Balaban J connectivity index is 2.25. The van der Waals surface area contributed by atoms with Crippen LogP contribution >= 0.6 is 0 Å². The first kappa shape index (κ1) is 27.2. The number of anilines is 2. The smallest absolute Gasteiger partial charge is 0.330 e. The summed E-state index contributed by atoms with van der Waals surface area (Å²) in [5.41, 5.74) is 2.89. The number of amides is 8. The Bertz CT molecular complexity index is 937. The van der Waals surface area contributed by atoms with Crippen LogP contribution in [0.5, 0.6) is 0 Å². The summed E-state index contributed by atoms with van der Waals surface area (Å²) < 4.78 is 0. The van der Waals surface area contributed by atoms with E-state index in [0.717, 1.165) is 20.9 Å². The summed E-state index contributed by atoms with van der Waals surface area (Å²) in [4.78, 5) is 58.0. The zero-order valence-electron chi connectivity index (χ0n) is 21.6. The van der Waals surface area contributed by atoms with Crippen LogP contribution in [-0.2, 0) is 6.42 Å². The van der Waals surface area contributed by atoms with Crippen molar-refractivity contribution in [2.45, 2.75) is 6.42 Å². The third-order valence-electron chi connectivity index (χ3n) is 5.09. The normalized spacial score (nSPS) is 10.3. The molecule has 0 radical (unpaired) electrons. The van der Waals surface area contributed by atoms with E-state index in [-0.39, 0.29) is 0 Å². The fourth-order valence-corrected chi connectivity index (χ4v) is 3.17. The number of nitrogens with zero attached hydrogens (tertiary/aromatic N) is 6. The van der Waals surface area contributed by atoms with Crippen molar-refractivity contribution >= 4 is 35.5 Å². The molecular weight excluding hydrogens is 448 g/mol. The van der Waals surface area contributed by atoms with Crippen LogP contribution in [0.2, 0.25) is 0 Å².